The lowest BCUT2D eigenvalue weighted by molar-refractivity contribution is -0.150. The number of nitrogens with zero attached hydrogens (tertiary/aromatic N) is 3. The van der Waals surface area contributed by atoms with Crippen LogP contribution in [0.1, 0.15) is 44.4 Å². The maximum absolute atomic E-state index is 14.9. The third-order valence-electron chi connectivity index (χ3n) is 7.15. The van der Waals surface area contributed by atoms with Crippen LogP contribution >= 0.6 is 7.44 Å². The van der Waals surface area contributed by atoms with E-state index in [9.17, 15) is 14.2 Å². The fourth-order valence-corrected chi connectivity index (χ4v) is 7.10. The Balaban J connectivity index is 1.62. The van der Waals surface area contributed by atoms with Gasteiger partial charge in [-0.1, -0.05) is 66.6 Å². The highest BCUT2D eigenvalue weighted by Gasteiger charge is 2.36. The molecule has 2 aromatic carbocycles. The van der Waals surface area contributed by atoms with Gasteiger partial charge in [-0.25, -0.2) is 20.1 Å². The van der Waals surface area contributed by atoms with E-state index in [-0.39, 0.29) is 31.6 Å². The van der Waals surface area contributed by atoms with E-state index in [1.807, 2.05) is 60.7 Å². The number of carbonyl (C=O) groups is 2. The molecule has 0 aliphatic heterocycles. The Kier molecular flexibility index (Phi) is 12.9. The lowest BCUT2D eigenvalue weighted by atomic mass is 10.1. The molecule has 0 spiro atoms. The zero-order valence-corrected chi connectivity index (χ0v) is 28.6. The maximum atomic E-state index is 14.9. The molecule has 12 nitrogen and oxygen atoms in total. The Morgan fingerprint density at radius 3 is 1.90 bits per heavy atom. The summed E-state index contributed by atoms with van der Waals surface area (Å²) in [5.41, 5.74) is 8.78. The lowest BCUT2D eigenvalue weighted by Crippen LogP contribution is -2.47. The Morgan fingerprint density at radius 2 is 1.42 bits per heavy atom. The zero-order valence-electron chi connectivity index (χ0n) is 27.7. The lowest BCUT2D eigenvalue weighted by Gasteiger charge is -2.29. The van der Waals surface area contributed by atoms with Crippen LogP contribution in [0.25, 0.3) is 11.0 Å². The Morgan fingerprint density at radius 1 is 0.896 bits per heavy atom. The molecule has 4 rings (SSSR count). The largest absolute Gasteiger partial charge is 0.462 e. The minimum absolute atomic E-state index is 0.0879. The van der Waals surface area contributed by atoms with Crippen LogP contribution in [0.3, 0.4) is 0 Å². The van der Waals surface area contributed by atoms with E-state index in [1.54, 1.807) is 38.5 Å². The van der Waals surface area contributed by atoms with Gasteiger partial charge in [0, 0.05) is 12.7 Å². The van der Waals surface area contributed by atoms with Gasteiger partial charge in [0.2, 0.25) is 7.44 Å². The van der Waals surface area contributed by atoms with E-state index >= 15 is 0 Å². The summed E-state index contributed by atoms with van der Waals surface area (Å²) in [5.74, 6) is 1.70. The highest BCUT2D eigenvalue weighted by Crippen LogP contribution is 2.39. The number of hydrogen-bond donors (Lipinski definition) is 3. The number of hydrogen-bond acceptors (Lipinski definition) is 9. The fourth-order valence-electron chi connectivity index (χ4n) is 5.09. The van der Waals surface area contributed by atoms with Crippen molar-refractivity contribution in [3.05, 3.63) is 89.9 Å². The highest BCUT2D eigenvalue weighted by atomic mass is 31.2. The van der Waals surface area contributed by atoms with Gasteiger partial charge in [-0.15, -0.1) is 6.42 Å². The van der Waals surface area contributed by atoms with Gasteiger partial charge >= 0.3 is 11.9 Å². The number of nitrogens with one attached hydrogen (secondary N) is 2. The number of carbonyl (C=O) groups excluding carboxylic acids is 2. The first-order valence-electron chi connectivity index (χ1n) is 15.7. The van der Waals surface area contributed by atoms with Gasteiger partial charge in [-0.2, -0.15) is 0 Å². The van der Waals surface area contributed by atoms with Crippen LogP contribution in [0.5, 0.6) is 0 Å². The number of rotatable bonds is 17. The quantitative estimate of drug-likeness (QED) is 0.0628. The molecule has 254 valence electrons. The summed E-state index contributed by atoms with van der Waals surface area (Å²) in [4.78, 5) is 35.1. The van der Waals surface area contributed by atoms with Gasteiger partial charge in [-0.3, -0.25) is 14.2 Å². The molecule has 2 aromatic heterocycles. The van der Waals surface area contributed by atoms with E-state index < -0.39 is 43.7 Å². The van der Waals surface area contributed by atoms with Crippen LogP contribution in [-0.4, -0.2) is 63.7 Å². The summed E-state index contributed by atoms with van der Waals surface area (Å²) < 4.78 is 33.8. The monoisotopic (exact) mass is 674 g/mol. The molecule has 2 atom stereocenters. The summed E-state index contributed by atoms with van der Waals surface area (Å²) >= 11 is 0. The second-order valence-electron chi connectivity index (χ2n) is 11.8. The Hall–Kier alpha value is -4.53. The third kappa shape index (κ3) is 10.2. The number of fused-ring (bicyclic) bond motifs is 1. The molecule has 2 heterocycles. The minimum Gasteiger partial charge on any atom is -0.462 e. The van der Waals surface area contributed by atoms with Crippen molar-refractivity contribution in [2.75, 3.05) is 18.7 Å². The molecule has 0 aliphatic carbocycles. The molecule has 0 bridgehead atoms. The van der Waals surface area contributed by atoms with Crippen molar-refractivity contribution < 1.29 is 28.4 Å². The molecule has 0 amide bonds. The summed E-state index contributed by atoms with van der Waals surface area (Å²) in [6.45, 7) is 7.35. The van der Waals surface area contributed by atoms with Crippen molar-refractivity contribution in [1.82, 2.24) is 24.7 Å². The van der Waals surface area contributed by atoms with Gasteiger partial charge in [0.1, 0.15) is 36.2 Å². The predicted octanol–water partition coefficient (Wildman–Crippen LogP) is 4.47. The number of esters is 2. The summed E-state index contributed by atoms with van der Waals surface area (Å²) in [7, 11) is -3.89. The second-order valence-corrected chi connectivity index (χ2v) is 14.1. The van der Waals surface area contributed by atoms with E-state index in [1.165, 1.54) is 6.33 Å². The van der Waals surface area contributed by atoms with Crippen molar-refractivity contribution in [3.8, 4) is 12.3 Å². The van der Waals surface area contributed by atoms with Crippen LogP contribution < -0.4 is 15.9 Å². The maximum Gasteiger partial charge on any atom is 0.324 e. The van der Waals surface area contributed by atoms with E-state index in [0.29, 0.717) is 23.1 Å². The molecule has 0 saturated carbocycles. The topological polar surface area (TPSA) is 160 Å². The molecule has 0 radical (unpaired) electrons. The smallest absolute Gasteiger partial charge is 0.324 e. The van der Waals surface area contributed by atoms with E-state index in [2.05, 4.69) is 26.1 Å². The van der Waals surface area contributed by atoms with Gasteiger partial charge in [-0.05, 0) is 51.7 Å². The molecule has 0 unspecified atom stereocenters. The third-order valence-corrected chi connectivity index (χ3v) is 9.16. The molecule has 0 fully saturated rings. The van der Waals surface area contributed by atoms with Crippen LogP contribution in [0.15, 0.2) is 73.2 Å². The van der Waals surface area contributed by atoms with Crippen molar-refractivity contribution in [2.45, 2.75) is 71.4 Å². The number of nitrogen functional groups attached to an aromatic ring is 1. The van der Waals surface area contributed by atoms with Gasteiger partial charge < -0.3 is 24.5 Å². The normalized spacial score (nSPS) is 12.9. The van der Waals surface area contributed by atoms with Crippen molar-refractivity contribution in [2.24, 2.45) is 0 Å². The molecule has 13 heteroatoms. The van der Waals surface area contributed by atoms with Gasteiger partial charge in [0.25, 0.3) is 0 Å². The van der Waals surface area contributed by atoms with Crippen molar-refractivity contribution >= 4 is 36.2 Å². The van der Waals surface area contributed by atoms with Crippen LogP contribution in [-0.2, 0) is 47.8 Å². The molecular formula is C35H43N6O6P. The first kappa shape index (κ1) is 36.3. The van der Waals surface area contributed by atoms with Crippen LogP contribution in [0, 0.1) is 12.3 Å². The van der Waals surface area contributed by atoms with E-state index in [4.69, 9.17) is 26.4 Å². The number of ether oxygens (including phenoxy) is 3. The zero-order chi connectivity index (χ0) is 34.7. The summed E-state index contributed by atoms with van der Waals surface area (Å²) in [5, 5.41) is 6.61. The molecule has 0 aliphatic rings. The van der Waals surface area contributed by atoms with Crippen LogP contribution in [0.4, 0.5) is 5.82 Å². The van der Waals surface area contributed by atoms with Crippen molar-refractivity contribution in [3.63, 3.8) is 0 Å². The SMILES string of the molecule is C#Cc1cn(CCOCP(=O)(N[C@@H](Cc2ccccc2)C(=O)OC(C)C)N[C@@H](Cc2ccccc2)C(=O)OC(C)C)c2ncnc(N)c12. The van der Waals surface area contributed by atoms with E-state index in [0.717, 1.165) is 11.1 Å². The summed E-state index contributed by atoms with van der Waals surface area (Å²) in [6.07, 6.45) is 7.95. The number of anilines is 1. The second kappa shape index (κ2) is 17.0. The Bertz CT molecular complexity index is 1680. The molecule has 48 heavy (non-hydrogen) atoms. The fraction of sp³-hybridized carbons (Fsp3) is 0.371. The average Bonchev–Trinajstić information content (AvgIpc) is 3.42. The molecule has 0 saturated heterocycles. The Labute approximate surface area is 281 Å². The first-order valence-corrected chi connectivity index (χ1v) is 17.6. The number of aromatic nitrogens is 3. The number of benzene rings is 2. The predicted molar refractivity (Wildman–Crippen MR) is 185 cm³/mol. The average molecular weight is 675 g/mol. The highest BCUT2D eigenvalue weighted by molar-refractivity contribution is 7.59. The van der Waals surface area contributed by atoms with Gasteiger partial charge in [0.05, 0.1) is 29.8 Å². The number of terminal acetylenes is 1. The van der Waals surface area contributed by atoms with Gasteiger partial charge in [0.15, 0.2) is 0 Å². The van der Waals surface area contributed by atoms with Crippen molar-refractivity contribution in [1.29, 1.82) is 0 Å². The molecule has 4 aromatic rings. The standard InChI is InChI=1S/C35H43N6O6P/c1-6-28-21-41(33-31(28)32(36)37-22-38-33)17-18-45-23-48(44,39-29(34(42)46-24(2)3)19-26-13-9-7-10-14-26)40-30(35(43)47-25(4)5)20-27-15-11-8-12-16-27/h1,7-16,21-22,24-25,29-30H,17-20,23H2,2-5H3,(H2,36,37,38)(H2,39,40,44)/t29-,30-/m0/s1. The summed E-state index contributed by atoms with van der Waals surface area (Å²) in [6, 6.07) is 16.6. The minimum atomic E-state index is -3.89. The number of nitrogens with two attached hydrogens (primary N) is 1. The first-order chi connectivity index (χ1) is 23.0. The molecular weight excluding hydrogens is 631 g/mol. The molecule has 4 N–H and O–H groups in total. The van der Waals surface area contributed by atoms with Crippen LogP contribution in [0.2, 0.25) is 0 Å².